The molecule has 31 heavy (non-hydrogen) atoms. The maximum atomic E-state index is 14.4. The Labute approximate surface area is 182 Å². The standard InChI is InChI=1S/C23H28F2O5S/c1-16-8-10-17(11-9-16)31(28,29)30-15-7-5-4-6-14-23(2,3)20-18(22(26)27)12-13-19(24)21(20)25/h8-13H,4-7,14-15H2,1-3H3,(H,26,27). The molecule has 2 aromatic carbocycles. The van der Waals surface area contributed by atoms with Crippen LogP contribution in [0.4, 0.5) is 8.78 Å². The Bertz CT molecular complexity index is 1020. The SMILES string of the molecule is Cc1ccc(S(=O)(=O)OCCCCCCC(C)(C)c2c(C(=O)O)ccc(F)c2F)cc1. The van der Waals surface area contributed by atoms with E-state index < -0.39 is 33.1 Å². The zero-order valence-corrected chi connectivity index (χ0v) is 18.8. The van der Waals surface area contributed by atoms with Gasteiger partial charge in [-0.15, -0.1) is 0 Å². The minimum Gasteiger partial charge on any atom is -0.478 e. The van der Waals surface area contributed by atoms with Crippen LogP contribution in [0.2, 0.25) is 0 Å². The van der Waals surface area contributed by atoms with E-state index in [0.29, 0.717) is 25.7 Å². The zero-order chi connectivity index (χ0) is 23.2. The molecule has 0 saturated heterocycles. The summed E-state index contributed by atoms with van der Waals surface area (Å²) < 4.78 is 57.4. The van der Waals surface area contributed by atoms with Gasteiger partial charge in [0.05, 0.1) is 17.1 Å². The Balaban J connectivity index is 1.83. The number of carbonyl (C=O) groups is 1. The topological polar surface area (TPSA) is 80.7 Å². The fourth-order valence-electron chi connectivity index (χ4n) is 3.48. The molecule has 0 heterocycles. The largest absolute Gasteiger partial charge is 0.478 e. The Morgan fingerprint density at radius 2 is 1.61 bits per heavy atom. The smallest absolute Gasteiger partial charge is 0.336 e. The third-order valence-electron chi connectivity index (χ3n) is 5.25. The third kappa shape index (κ3) is 6.58. The van der Waals surface area contributed by atoms with Gasteiger partial charge in [0, 0.05) is 5.56 Å². The molecule has 0 amide bonds. The van der Waals surface area contributed by atoms with E-state index in [4.69, 9.17) is 4.18 Å². The van der Waals surface area contributed by atoms with Crippen LogP contribution in [0.5, 0.6) is 0 Å². The van der Waals surface area contributed by atoms with Crippen LogP contribution in [-0.2, 0) is 19.7 Å². The lowest BCUT2D eigenvalue weighted by Gasteiger charge is -2.27. The van der Waals surface area contributed by atoms with Gasteiger partial charge in [-0.05, 0) is 49.4 Å². The number of carboxylic acids is 1. The van der Waals surface area contributed by atoms with Gasteiger partial charge in [-0.25, -0.2) is 13.6 Å². The van der Waals surface area contributed by atoms with Crippen LogP contribution in [-0.4, -0.2) is 26.1 Å². The van der Waals surface area contributed by atoms with Crippen molar-refractivity contribution in [3.8, 4) is 0 Å². The molecule has 0 bridgehead atoms. The highest BCUT2D eigenvalue weighted by molar-refractivity contribution is 7.86. The summed E-state index contributed by atoms with van der Waals surface area (Å²) >= 11 is 0. The van der Waals surface area contributed by atoms with Gasteiger partial charge in [-0.2, -0.15) is 8.42 Å². The monoisotopic (exact) mass is 454 g/mol. The first-order valence-electron chi connectivity index (χ1n) is 10.1. The lowest BCUT2D eigenvalue weighted by atomic mass is 9.77. The number of unbranched alkanes of at least 4 members (excludes halogenated alkanes) is 3. The molecule has 0 unspecified atom stereocenters. The summed E-state index contributed by atoms with van der Waals surface area (Å²) in [5.41, 5.74) is -0.285. The van der Waals surface area contributed by atoms with Gasteiger partial charge in [-0.1, -0.05) is 50.8 Å². The number of rotatable bonds is 11. The Morgan fingerprint density at radius 3 is 2.23 bits per heavy atom. The van der Waals surface area contributed by atoms with E-state index in [1.54, 1.807) is 26.0 Å². The highest BCUT2D eigenvalue weighted by Gasteiger charge is 2.31. The number of carboxylic acid groups (broad SMARTS) is 1. The Morgan fingerprint density at radius 1 is 1.00 bits per heavy atom. The van der Waals surface area contributed by atoms with E-state index in [1.807, 2.05) is 6.92 Å². The minimum absolute atomic E-state index is 0.0568. The van der Waals surface area contributed by atoms with Crippen molar-refractivity contribution in [2.45, 2.75) is 63.2 Å². The van der Waals surface area contributed by atoms with E-state index in [2.05, 4.69) is 0 Å². The zero-order valence-electron chi connectivity index (χ0n) is 18.0. The van der Waals surface area contributed by atoms with E-state index in [-0.39, 0.29) is 22.6 Å². The van der Waals surface area contributed by atoms with Gasteiger partial charge >= 0.3 is 5.97 Å². The van der Waals surface area contributed by atoms with Crippen LogP contribution < -0.4 is 0 Å². The van der Waals surface area contributed by atoms with Crippen molar-refractivity contribution in [2.24, 2.45) is 0 Å². The normalized spacial score (nSPS) is 12.2. The van der Waals surface area contributed by atoms with E-state index in [1.165, 1.54) is 12.1 Å². The van der Waals surface area contributed by atoms with Gasteiger partial charge < -0.3 is 5.11 Å². The lowest BCUT2D eigenvalue weighted by molar-refractivity contribution is 0.0692. The van der Waals surface area contributed by atoms with E-state index >= 15 is 0 Å². The molecule has 5 nitrogen and oxygen atoms in total. The second-order valence-electron chi connectivity index (χ2n) is 8.23. The summed E-state index contributed by atoms with van der Waals surface area (Å²) in [4.78, 5) is 11.5. The van der Waals surface area contributed by atoms with Gasteiger partial charge in [0.15, 0.2) is 11.6 Å². The Kier molecular flexibility index (Phi) is 8.31. The second-order valence-corrected chi connectivity index (χ2v) is 9.84. The van der Waals surface area contributed by atoms with Crippen LogP contribution in [0, 0.1) is 18.6 Å². The van der Waals surface area contributed by atoms with Crippen molar-refractivity contribution in [2.75, 3.05) is 6.61 Å². The fraction of sp³-hybridized carbons (Fsp3) is 0.435. The molecular weight excluding hydrogens is 426 g/mol. The molecule has 0 radical (unpaired) electrons. The van der Waals surface area contributed by atoms with Crippen LogP contribution in [0.15, 0.2) is 41.3 Å². The van der Waals surface area contributed by atoms with Crippen LogP contribution >= 0.6 is 0 Å². The molecule has 0 fully saturated rings. The molecule has 0 aliphatic heterocycles. The minimum atomic E-state index is -3.78. The maximum Gasteiger partial charge on any atom is 0.336 e. The number of benzene rings is 2. The number of aromatic carboxylic acids is 1. The van der Waals surface area contributed by atoms with Crippen molar-refractivity contribution in [3.63, 3.8) is 0 Å². The average molecular weight is 455 g/mol. The molecule has 2 rings (SSSR count). The van der Waals surface area contributed by atoms with Crippen LogP contribution in [0.25, 0.3) is 0 Å². The summed E-state index contributed by atoms with van der Waals surface area (Å²) in [7, 11) is -3.78. The molecule has 8 heteroatoms. The van der Waals surface area contributed by atoms with Gasteiger partial charge in [0.25, 0.3) is 10.1 Å². The quantitative estimate of drug-likeness (QED) is 0.353. The summed E-state index contributed by atoms with van der Waals surface area (Å²) in [5, 5.41) is 9.32. The maximum absolute atomic E-state index is 14.4. The van der Waals surface area contributed by atoms with E-state index in [0.717, 1.165) is 24.1 Å². The molecule has 0 spiro atoms. The highest BCUT2D eigenvalue weighted by atomic mass is 32.2. The van der Waals surface area contributed by atoms with Crippen molar-refractivity contribution in [1.29, 1.82) is 0 Å². The molecule has 0 aliphatic rings. The van der Waals surface area contributed by atoms with Crippen molar-refractivity contribution < 1.29 is 31.3 Å². The molecule has 0 atom stereocenters. The lowest BCUT2D eigenvalue weighted by Crippen LogP contribution is -2.24. The van der Waals surface area contributed by atoms with Crippen molar-refractivity contribution in [1.82, 2.24) is 0 Å². The van der Waals surface area contributed by atoms with Gasteiger partial charge in [-0.3, -0.25) is 4.18 Å². The first kappa shape index (κ1) is 24.9. The molecule has 2 aromatic rings. The first-order valence-corrected chi connectivity index (χ1v) is 11.5. The summed E-state index contributed by atoms with van der Waals surface area (Å²) in [6.07, 6.45) is 3.04. The number of aryl methyl sites for hydroxylation is 1. The fourth-order valence-corrected chi connectivity index (χ4v) is 4.42. The Hall–Kier alpha value is -2.32. The summed E-state index contributed by atoms with van der Waals surface area (Å²) in [6, 6.07) is 8.32. The summed E-state index contributed by atoms with van der Waals surface area (Å²) in [6.45, 7) is 5.30. The molecule has 0 saturated carbocycles. The molecule has 0 aliphatic carbocycles. The predicted molar refractivity (Wildman–Crippen MR) is 114 cm³/mol. The van der Waals surface area contributed by atoms with Gasteiger partial charge in [0.1, 0.15) is 0 Å². The first-order chi connectivity index (χ1) is 14.5. The second kappa shape index (κ2) is 10.3. The predicted octanol–water partition coefficient (Wildman–Crippen LogP) is 5.61. The number of hydrogen-bond acceptors (Lipinski definition) is 4. The van der Waals surface area contributed by atoms with Crippen molar-refractivity contribution in [3.05, 3.63) is 64.7 Å². The summed E-state index contributed by atoms with van der Waals surface area (Å²) in [5.74, 6) is -3.49. The van der Waals surface area contributed by atoms with E-state index in [9.17, 15) is 27.1 Å². The van der Waals surface area contributed by atoms with Crippen LogP contribution in [0.1, 0.15) is 67.4 Å². The third-order valence-corrected chi connectivity index (χ3v) is 6.57. The number of halogens is 2. The molecule has 0 aromatic heterocycles. The number of hydrogen-bond donors (Lipinski definition) is 1. The molecule has 170 valence electrons. The highest BCUT2D eigenvalue weighted by Crippen LogP contribution is 2.35. The average Bonchev–Trinajstić information content (AvgIpc) is 2.69. The molecular formula is C23H28F2O5S. The van der Waals surface area contributed by atoms with Crippen molar-refractivity contribution >= 4 is 16.1 Å². The van der Waals surface area contributed by atoms with Gasteiger partial charge in [0.2, 0.25) is 0 Å². The van der Waals surface area contributed by atoms with Crippen LogP contribution in [0.3, 0.4) is 0 Å². The molecule has 1 N–H and O–H groups in total.